The fourth-order valence-corrected chi connectivity index (χ4v) is 8.39. The Morgan fingerprint density at radius 2 is 1.43 bits per heavy atom. The number of nitrogens with zero attached hydrogens (tertiary/aromatic N) is 4. The van der Waals surface area contributed by atoms with Crippen molar-refractivity contribution in [1.29, 1.82) is 0 Å². The minimum Gasteiger partial charge on any atom is -0.497 e. The molecule has 2 aromatic heterocycles. The number of likely N-dealkylation sites (tertiary alicyclic amines) is 1. The zero-order chi connectivity index (χ0) is 37.7. The first-order valence-electron chi connectivity index (χ1n) is 16.5. The molecular formula is C38H35Cl3FN5O5S. The van der Waals surface area contributed by atoms with Crippen LogP contribution in [0.25, 0.3) is 0 Å². The highest BCUT2D eigenvalue weighted by Crippen LogP contribution is 2.38. The standard InChI is InChI=1S/C38H35Cl3FN5O5S/c1-51-29-11-3-24(4-12-29)22-47(23-25-5-13-30(52-2)14-6-25)53(49,50)37-34(40)35(44-32-15-16-33(39)45-36(32)41)31(21-43-37)38(48)46-19-17-27(18-20-46)26-7-9-28(42)10-8-26/h3-16,21,27H,17-20,22-23H2,1-2H3,(H,43,44). The fraction of sp³-hybridized carbons (Fsp3) is 0.237. The van der Waals surface area contributed by atoms with Crippen molar-refractivity contribution in [3.63, 3.8) is 0 Å². The van der Waals surface area contributed by atoms with E-state index >= 15 is 0 Å². The number of sulfonamides is 1. The number of pyridine rings is 2. The van der Waals surface area contributed by atoms with Crippen molar-refractivity contribution in [3.05, 3.63) is 135 Å². The first-order chi connectivity index (χ1) is 25.5. The van der Waals surface area contributed by atoms with E-state index in [0.717, 1.165) is 5.56 Å². The maximum atomic E-state index is 14.6. The first kappa shape index (κ1) is 38.3. The molecule has 1 fully saturated rings. The largest absolute Gasteiger partial charge is 0.497 e. The number of anilines is 2. The normalized spacial score (nSPS) is 13.6. The van der Waals surface area contributed by atoms with Crippen molar-refractivity contribution in [2.24, 2.45) is 0 Å². The van der Waals surface area contributed by atoms with Crippen LogP contribution in [0, 0.1) is 5.82 Å². The molecule has 3 aromatic carbocycles. The Morgan fingerprint density at radius 1 is 0.868 bits per heavy atom. The fourth-order valence-electron chi connectivity index (χ4n) is 6.11. The van der Waals surface area contributed by atoms with Gasteiger partial charge in [-0.15, -0.1) is 0 Å². The molecule has 1 amide bonds. The Balaban J connectivity index is 1.37. The van der Waals surface area contributed by atoms with Crippen LogP contribution in [0.2, 0.25) is 15.3 Å². The lowest BCUT2D eigenvalue weighted by molar-refractivity contribution is 0.0713. The molecule has 1 aliphatic rings. The van der Waals surface area contributed by atoms with Gasteiger partial charge in [-0.1, -0.05) is 71.2 Å². The molecular weight excluding hydrogens is 764 g/mol. The molecule has 1 aliphatic heterocycles. The van der Waals surface area contributed by atoms with Crippen LogP contribution >= 0.6 is 34.8 Å². The van der Waals surface area contributed by atoms with Gasteiger partial charge in [0.15, 0.2) is 10.2 Å². The van der Waals surface area contributed by atoms with Gasteiger partial charge in [-0.3, -0.25) is 4.79 Å². The van der Waals surface area contributed by atoms with E-state index in [0.29, 0.717) is 48.6 Å². The predicted octanol–water partition coefficient (Wildman–Crippen LogP) is 8.75. The van der Waals surface area contributed by atoms with Crippen molar-refractivity contribution in [3.8, 4) is 11.5 Å². The zero-order valence-electron chi connectivity index (χ0n) is 28.7. The van der Waals surface area contributed by atoms with Crippen LogP contribution in [-0.4, -0.2) is 60.8 Å². The molecule has 0 spiro atoms. The average Bonchev–Trinajstić information content (AvgIpc) is 3.16. The molecule has 1 N–H and O–H groups in total. The van der Waals surface area contributed by atoms with E-state index in [4.69, 9.17) is 44.3 Å². The number of rotatable bonds is 12. The number of aromatic nitrogens is 2. The van der Waals surface area contributed by atoms with Gasteiger partial charge in [0.25, 0.3) is 15.9 Å². The molecule has 3 heterocycles. The summed E-state index contributed by atoms with van der Waals surface area (Å²) < 4.78 is 54.6. The minimum atomic E-state index is -4.43. The average molecular weight is 799 g/mol. The second-order valence-corrected chi connectivity index (χ2v) is 15.3. The van der Waals surface area contributed by atoms with Crippen molar-refractivity contribution < 1.29 is 27.1 Å². The molecule has 15 heteroatoms. The predicted molar refractivity (Wildman–Crippen MR) is 203 cm³/mol. The molecule has 0 atom stereocenters. The lowest BCUT2D eigenvalue weighted by atomic mass is 9.89. The number of ether oxygens (including phenoxy) is 2. The number of hydrogen-bond acceptors (Lipinski definition) is 8. The second kappa shape index (κ2) is 16.7. The lowest BCUT2D eigenvalue weighted by Gasteiger charge is -2.33. The summed E-state index contributed by atoms with van der Waals surface area (Å²) >= 11 is 19.5. The number of benzene rings is 3. The summed E-state index contributed by atoms with van der Waals surface area (Å²) in [5.74, 6) is 0.669. The summed E-state index contributed by atoms with van der Waals surface area (Å²) in [5, 5.41) is 2.40. The van der Waals surface area contributed by atoms with Gasteiger partial charge in [0.05, 0.1) is 31.2 Å². The van der Waals surface area contributed by atoms with E-state index in [1.807, 2.05) is 0 Å². The number of carbonyl (C=O) groups excluding carboxylic acids is 1. The number of halogens is 4. The Kier molecular flexibility index (Phi) is 12.1. The molecule has 1 saturated heterocycles. The number of methoxy groups -OCH3 is 2. The Morgan fingerprint density at radius 3 is 1.96 bits per heavy atom. The molecule has 10 nitrogen and oxygen atoms in total. The van der Waals surface area contributed by atoms with E-state index in [9.17, 15) is 17.6 Å². The van der Waals surface area contributed by atoms with Crippen LogP contribution in [0.1, 0.15) is 45.8 Å². The van der Waals surface area contributed by atoms with Crippen LogP contribution in [0.4, 0.5) is 15.8 Å². The third-order valence-electron chi connectivity index (χ3n) is 9.04. The summed E-state index contributed by atoms with van der Waals surface area (Å²) in [6.07, 6.45) is 2.50. The number of amides is 1. The molecule has 0 aliphatic carbocycles. The molecule has 0 saturated carbocycles. The van der Waals surface area contributed by atoms with Crippen LogP contribution in [0.15, 0.2) is 96.2 Å². The Labute approximate surface area is 322 Å². The molecule has 276 valence electrons. The number of carbonyl (C=O) groups is 1. The number of piperidine rings is 1. The molecule has 0 unspecified atom stereocenters. The van der Waals surface area contributed by atoms with Crippen molar-refractivity contribution in [2.45, 2.75) is 36.9 Å². The van der Waals surface area contributed by atoms with Crippen LogP contribution in [0.3, 0.4) is 0 Å². The second-order valence-electron chi connectivity index (χ2n) is 12.4. The lowest BCUT2D eigenvalue weighted by Crippen LogP contribution is -2.38. The molecule has 53 heavy (non-hydrogen) atoms. The van der Waals surface area contributed by atoms with Crippen LogP contribution in [0.5, 0.6) is 11.5 Å². The maximum absolute atomic E-state index is 14.6. The van der Waals surface area contributed by atoms with E-state index in [1.165, 1.54) is 28.7 Å². The van der Waals surface area contributed by atoms with E-state index in [2.05, 4.69) is 15.3 Å². The third-order valence-corrected chi connectivity index (χ3v) is 11.8. The molecule has 5 aromatic rings. The van der Waals surface area contributed by atoms with Gasteiger partial charge >= 0.3 is 0 Å². The smallest absolute Gasteiger partial charge is 0.262 e. The Bertz CT molecular complexity index is 2140. The van der Waals surface area contributed by atoms with Gasteiger partial charge in [-0.25, -0.2) is 22.8 Å². The summed E-state index contributed by atoms with van der Waals surface area (Å²) in [4.78, 5) is 24.2. The van der Waals surface area contributed by atoms with Crippen LogP contribution < -0.4 is 14.8 Å². The highest BCUT2D eigenvalue weighted by atomic mass is 35.5. The van der Waals surface area contributed by atoms with E-state index in [-0.39, 0.29) is 57.1 Å². The van der Waals surface area contributed by atoms with Gasteiger partial charge < -0.3 is 19.7 Å². The first-order valence-corrected chi connectivity index (χ1v) is 19.1. The van der Waals surface area contributed by atoms with E-state index in [1.54, 1.807) is 85.8 Å². The summed E-state index contributed by atoms with van der Waals surface area (Å²) in [7, 11) is -1.34. The minimum absolute atomic E-state index is 0.00855. The van der Waals surface area contributed by atoms with Crippen molar-refractivity contribution in [1.82, 2.24) is 19.2 Å². The van der Waals surface area contributed by atoms with E-state index < -0.39 is 21.0 Å². The highest BCUT2D eigenvalue weighted by Gasteiger charge is 2.34. The summed E-state index contributed by atoms with van der Waals surface area (Å²) in [5.41, 5.74) is 2.64. The Hall–Kier alpha value is -4.46. The SMILES string of the molecule is COc1ccc(CN(Cc2ccc(OC)cc2)S(=O)(=O)c2ncc(C(=O)N3CCC(c4ccc(F)cc4)CC3)c(Nc3ccc(Cl)nc3Cl)c2Cl)cc1. The number of hydrogen-bond donors (Lipinski definition) is 1. The molecule has 0 bridgehead atoms. The van der Waals surface area contributed by atoms with Gasteiger partial charge in [0.1, 0.15) is 27.5 Å². The number of nitrogens with one attached hydrogen (secondary N) is 1. The molecule has 0 radical (unpaired) electrons. The van der Waals surface area contributed by atoms with Crippen LogP contribution in [-0.2, 0) is 23.1 Å². The maximum Gasteiger partial charge on any atom is 0.262 e. The third kappa shape index (κ3) is 8.85. The summed E-state index contributed by atoms with van der Waals surface area (Å²) in [6.45, 7) is 0.739. The monoisotopic (exact) mass is 797 g/mol. The quantitative estimate of drug-likeness (QED) is 0.125. The van der Waals surface area contributed by atoms with Gasteiger partial charge in [-0.05, 0) is 84.0 Å². The van der Waals surface area contributed by atoms with Gasteiger partial charge in [0, 0.05) is 32.4 Å². The highest BCUT2D eigenvalue weighted by molar-refractivity contribution is 7.89. The topological polar surface area (TPSA) is 114 Å². The van der Waals surface area contributed by atoms with Crippen molar-refractivity contribution in [2.75, 3.05) is 32.6 Å². The van der Waals surface area contributed by atoms with Gasteiger partial charge in [-0.2, -0.15) is 4.31 Å². The zero-order valence-corrected chi connectivity index (χ0v) is 31.8. The van der Waals surface area contributed by atoms with Gasteiger partial charge in [0.2, 0.25) is 0 Å². The van der Waals surface area contributed by atoms with Crippen molar-refractivity contribution >= 4 is 62.1 Å². The summed E-state index contributed by atoms with van der Waals surface area (Å²) in [6, 6.07) is 23.5. The molecule has 6 rings (SSSR count).